The first-order valence-electron chi connectivity index (χ1n) is 3.28. The zero-order chi connectivity index (χ0) is 7.84. The van der Waals surface area contributed by atoms with Crippen LogP contribution < -0.4 is 0 Å². The zero-order valence-corrected chi connectivity index (χ0v) is 6.65. The number of hydrogen-bond acceptors (Lipinski definition) is 2. The second-order valence-corrected chi connectivity index (χ2v) is 3.33. The van der Waals surface area contributed by atoms with E-state index in [2.05, 4.69) is 6.58 Å². The lowest BCUT2D eigenvalue weighted by atomic mass is 10.0. The highest BCUT2D eigenvalue weighted by Gasteiger charge is 2.16. The van der Waals surface area contributed by atoms with Crippen molar-refractivity contribution >= 4 is 23.2 Å². The van der Waals surface area contributed by atoms with Crippen molar-refractivity contribution in [3.05, 3.63) is 40.1 Å². The van der Waals surface area contributed by atoms with Crippen molar-refractivity contribution in [3.63, 3.8) is 0 Å². The molecule has 2 rings (SSSR count). The van der Waals surface area contributed by atoms with Gasteiger partial charge in [-0.1, -0.05) is 12.7 Å². The maximum Gasteiger partial charge on any atom is 0.193 e. The lowest BCUT2D eigenvalue weighted by molar-refractivity contribution is 0.103. The van der Waals surface area contributed by atoms with Crippen LogP contribution in [0.2, 0.25) is 0 Å². The zero-order valence-electron chi connectivity index (χ0n) is 5.83. The molecule has 1 heterocycles. The molecule has 0 bridgehead atoms. The topological polar surface area (TPSA) is 17.1 Å². The van der Waals surface area contributed by atoms with E-state index < -0.39 is 0 Å². The third-order valence-corrected chi connectivity index (χ3v) is 2.55. The van der Waals surface area contributed by atoms with Gasteiger partial charge in [-0.3, -0.25) is 4.79 Å². The molecule has 1 aromatic heterocycles. The van der Waals surface area contributed by atoms with Crippen molar-refractivity contribution in [2.45, 2.75) is 0 Å². The minimum absolute atomic E-state index is 0.0590. The molecule has 54 valence electrons. The quantitative estimate of drug-likeness (QED) is 0.536. The number of hydrogen-bond donors (Lipinski definition) is 0. The minimum atomic E-state index is 0.0590. The van der Waals surface area contributed by atoms with E-state index in [9.17, 15) is 4.79 Å². The van der Waals surface area contributed by atoms with Crippen LogP contribution >= 0.6 is 11.3 Å². The summed E-state index contributed by atoms with van der Waals surface area (Å²) in [6, 6.07) is 1.84. The average Bonchev–Trinajstić information content (AvgIpc) is 2.45. The minimum Gasteiger partial charge on any atom is -0.289 e. The number of thiophene rings is 1. The highest BCUT2D eigenvalue weighted by molar-refractivity contribution is 7.11. The first-order chi connectivity index (χ1) is 5.29. The van der Waals surface area contributed by atoms with E-state index in [1.807, 2.05) is 17.5 Å². The van der Waals surface area contributed by atoms with Gasteiger partial charge < -0.3 is 0 Å². The van der Waals surface area contributed by atoms with E-state index in [1.54, 1.807) is 17.4 Å². The Morgan fingerprint density at radius 2 is 2.18 bits per heavy atom. The Morgan fingerprint density at radius 3 is 3.00 bits per heavy atom. The summed E-state index contributed by atoms with van der Waals surface area (Å²) < 4.78 is 0. The molecule has 0 N–H and O–H groups in total. The van der Waals surface area contributed by atoms with E-state index in [1.165, 1.54) is 0 Å². The fourth-order valence-corrected chi connectivity index (χ4v) is 1.85. The lowest BCUT2D eigenvalue weighted by Gasteiger charge is -2.04. The standard InChI is InChI=1S/C9H6OS/c1-6-2-3-8-7(9(6)10)4-5-11-8/h2-5H,1H2. The number of ketones is 1. The molecule has 1 nitrogen and oxygen atoms in total. The highest BCUT2D eigenvalue weighted by Crippen LogP contribution is 2.25. The molecule has 0 aliphatic heterocycles. The molecule has 0 saturated carbocycles. The molecule has 0 atom stereocenters. The SMILES string of the molecule is C=C1C=Cc2sccc2C1=O. The fraction of sp³-hybridized carbons (Fsp3) is 0. The highest BCUT2D eigenvalue weighted by atomic mass is 32.1. The lowest BCUT2D eigenvalue weighted by Crippen LogP contribution is -2.03. The number of carbonyl (C=O) groups is 1. The molecule has 0 radical (unpaired) electrons. The van der Waals surface area contributed by atoms with Crippen LogP contribution in [0.15, 0.2) is 29.7 Å². The smallest absolute Gasteiger partial charge is 0.193 e. The monoisotopic (exact) mass is 162 g/mol. The first-order valence-corrected chi connectivity index (χ1v) is 4.16. The van der Waals surface area contributed by atoms with Gasteiger partial charge in [-0.25, -0.2) is 0 Å². The van der Waals surface area contributed by atoms with E-state index in [4.69, 9.17) is 0 Å². The molecule has 0 unspecified atom stereocenters. The van der Waals surface area contributed by atoms with Crippen LogP contribution in [0.5, 0.6) is 0 Å². The van der Waals surface area contributed by atoms with Crippen molar-refractivity contribution in [2.75, 3.05) is 0 Å². The van der Waals surface area contributed by atoms with Gasteiger partial charge in [0.25, 0.3) is 0 Å². The van der Waals surface area contributed by atoms with E-state index >= 15 is 0 Å². The van der Waals surface area contributed by atoms with Gasteiger partial charge in [-0.15, -0.1) is 11.3 Å². The average molecular weight is 162 g/mol. The number of Topliss-reactive ketones (excluding diaryl/α,β-unsaturated/α-hetero) is 1. The largest absolute Gasteiger partial charge is 0.289 e. The molecular weight excluding hydrogens is 156 g/mol. The summed E-state index contributed by atoms with van der Waals surface area (Å²) in [6.45, 7) is 3.64. The molecule has 0 spiro atoms. The van der Waals surface area contributed by atoms with Crippen LogP contribution in [0.1, 0.15) is 15.2 Å². The fourth-order valence-electron chi connectivity index (χ4n) is 1.06. The summed E-state index contributed by atoms with van der Waals surface area (Å²) in [7, 11) is 0. The predicted octanol–water partition coefficient (Wildman–Crippen LogP) is 2.51. The molecule has 0 amide bonds. The summed E-state index contributed by atoms with van der Waals surface area (Å²) >= 11 is 1.58. The van der Waals surface area contributed by atoms with E-state index in [0.29, 0.717) is 5.57 Å². The maximum absolute atomic E-state index is 11.3. The van der Waals surface area contributed by atoms with Crippen LogP contribution in [0.3, 0.4) is 0 Å². The van der Waals surface area contributed by atoms with Crippen molar-refractivity contribution in [1.29, 1.82) is 0 Å². The molecule has 0 aromatic carbocycles. The Bertz CT molecular complexity index is 357. The Kier molecular flexibility index (Phi) is 1.29. The van der Waals surface area contributed by atoms with Crippen LogP contribution in [0.4, 0.5) is 0 Å². The summed E-state index contributed by atoms with van der Waals surface area (Å²) in [5.41, 5.74) is 1.37. The molecule has 2 heteroatoms. The van der Waals surface area contributed by atoms with Gasteiger partial charge in [-0.2, -0.15) is 0 Å². The Labute approximate surface area is 68.7 Å². The van der Waals surface area contributed by atoms with E-state index in [0.717, 1.165) is 10.4 Å². The molecule has 11 heavy (non-hydrogen) atoms. The van der Waals surface area contributed by atoms with Gasteiger partial charge >= 0.3 is 0 Å². The number of fused-ring (bicyclic) bond motifs is 1. The molecule has 1 aromatic rings. The van der Waals surface area contributed by atoms with Crippen LogP contribution in [0.25, 0.3) is 6.08 Å². The predicted molar refractivity (Wildman–Crippen MR) is 46.8 cm³/mol. The van der Waals surface area contributed by atoms with Gasteiger partial charge in [0.2, 0.25) is 0 Å². The summed E-state index contributed by atoms with van der Waals surface area (Å²) in [4.78, 5) is 12.4. The van der Waals surface area contributed by atoms with Gasteiger partial charge in [0, 0.05) is 16.0 Å². The third kappa shape index (κ3) is 0.870. The number of rotatable bonds is 0. The molecule has 1 aliphatic rings. The normalized spacial score (nSPS) is 15.3. The van der Waals surface area contributed by atoms with Crippen molar-refractivity contribution in [3.8, 4) is 0 Å². The van der Waals surface area contributed by atoms with Gasteiger partial charge in [0.1, 0.15) is 0 Å². The maximum atomic E-state index is 11.3. The van der Waals surface area contributed by atoms with Gasteiger partial charge in [0.05, 0.1) is 0 Å². The molecular formula is C9H6OS. The Balaban J connectivity index is 2.66. The van der Waals surface area contributed by atoms with Crippen LogP contribution in [0, 0.1) is 0 Å². The van der Waals surface area contributed by atoms with Crippen molar-refractivity contribution in [1.82, 2.24) is 0 Å². The third-order valence-electron chi connectivity index (χ3n) is 1.67. The van der Waals surface area contributed by atoms with Gasteiger partial charge in [0.15, 0.2) is 5.78 Å². The summed E-state index contributed by atoms with van der Waals surface area (Å²) in [5, 5.41) is 1.92. The van der Waals surface area contributed by atoms with Crippen LogP contribution in [-0.4, -0.2) is 5.78 Å². The van der Waals surface area contributed by atoms with E-state index in [-0.39, 0.29) is 5.78 Å². The summed E-state index contributed by atoms with van der Waals surface area (Å²) in [5.74, 6) is 0.0590. The Hall–Kier alpha value is -1.15. The molecule has 0 saturated heterocycles. The van der Waals surface area contributed by atoms with Crippen molar-refractivity contribution in [2.24, 2.45) is 0 Å². The second-order valence-electron chi connectivity index (χ2n) is 2.39. The summed E-state index contributed by atoms with van der Waals surface area (Å²) in [6.07, 6.45) is 3.70. The van der Waals surface area contributed by atoms with Gasteiger partial charge in [-0.05, 0) is 17.5 Å². The molecule has 1 aliphatic carbocycles. The number of allylic oxidation sites excluding steroid dienone is 2. The molecule has 0 fully saturated rings. The second kappa shape index (κ2) is 2.17. The number of carbonyl (C=O) groups excluding carboxylic acids is 1. The van der Waals surface area contributed by atoms with Crippen LogP contribution in [-0.2, 0) is 0 Å². The first kappa shape index (κ1) is 6.55. The Morgan fingerprint density at radius 1 is 1.36 bits per heavy atom. The van der Waals surface area contributed by atoms with Crippen molar-refractivity contribution < 1.29 is 4.79 Å².